The fourth-order valence-electron chi connectivity index (χ4n) is 5.06. The van der Waals surface area contributed by atoms with Crippen LogP contribution in [0.5, 0.6) is 0 Å². The van der Waals surface area contributed by atoms with Crippen molar-refractivity contribution >= 4 is 11.9 Å². The minimum atomic E-state index is -0.648. The molecule has 2 fully saturated rings. The normalized spacial score (nSPS) is 46.0. The van der Waals surface area contributed by atoms with Crippen LogP contribution in [0, 0.1) is 22.7 Å². The van der Waals surface area contributed by atoms with Gasteiger partial charge in [-0.05, 0) is 31.4 Å². The molecule has 0 N–H and O–H groups in total. The lowest BCUT2D eigenvalue weighted by atomic mass is 9.50. The summed E-state index contributed by atoms with van der Waals surface area (Å²) in [5.74, 6) is 0.0556. The molecule has 1 unspecified atom stereocenters. The van der Waals surface area contributed by atoms with Gasteiger partial charge in [0.25, 0.3) is 0 Å². The summed E-state index contributed by atoms with van der Waals surface area (Å²) < 4.78 is 16.2. The van der Waals surface area contributed by atoms with Crippen LogP contribution in [-0.2, 0) is 23.8 Å². The Hall–Kier alpha value is -1.62. The van der Waals surface area contributed by atoms with E-state index in [0.29, 0.717) is 0 Å². The van der Waals surface area contributed by atoms with Gasteiger partial charge in [0.2, 0.25) is 6.29 Å². The average molecular weight is 304 g/mol. The summed E-state index contributed by atoms with van der Waals surface area (Å²) in [6.07, 6.45) is 5.59. The van der Waals surface area contributed by atoms with Crippen LogP contribution < -0.4 is 0 Å². The predicted octanol–water partition coefficient (Wildman–Crippen LogP) is 2.33. The Labute approximate surface area is 129 Å². The van der Waals surface area contributed by atoms with Gasteiger partial charge in [-0.15, -0.1) is 0 Å². The zero-order valence-electron chi connectivity index (χ0n) is 13.0. The van der Waals surface area contributed by atoms with Gasteiger partial charge >= 0.3 is 11.9 Å². The minimum Gasteiger partial charge on any atom is -0.432 e. The van der Waals surface area contributed by atoms with Gasteiger partial charge in [-0.25, -0.2) is 4.79 Å². The lowest BCUT2D eigenvalue weighted by molar-refractivity contribution is -0.179. The first kappa shape index (κ1) is 14.0. The highest BCUT2D eigenvalue weighted by Crippen LogP contribution is 2.65. The van der Waals surface area contributed by atoms with Crippen molar-refractivity contribution in [2.75, 3.05) is 7.11 Å². The third-order valence-corrected chi connectivity index (χ3v) is 6.02. The van der Waals surface area contributed by atoms with Crippen molar-refractivity contribution in [3.63, 3.8) is 0 Å². The molecule has 1 saturated heterocycles. The van der Waals surface area contributed by atoms with Crippen molar-refractivity contribution in [1.82, 2.24) is 0 Å². The van der Waals surface area contributed by atoms with E-state index in [2.05, 4.69) is 6.92 Å². The monoisotopic (exact) mass is 304 g/mol. The summed E-state index contributed by atoms with van der Waals surface area (Å²) >= 11 is 0. The van der Waals surface area contributed by atoms with Gasteiger partial charge in [0.1, 0.15) is 5.76 Å². The van der Waals surface area contributed by atoms with E-state index in [1.807, 2.05) is 13.0 Å². The van der Waals surface area contributed by atoms with E-state index in [9.17, 15) is 9.59 Å². The maximum Gasteiger partial charge on any atom is 0.333 e. The maximum absolute atomic E-state index is 12.4. The zero-order valence-corrected chi connectivity index (χ0v) is 13.0. The lowest BCUT2D eigenvalue weighted by Gasteiger charge is -2.52. The third kappa shape index (κ3) is 1.52. The molecular weight excluding hydrogens is 284 g/mol. The Kier molecular flexibility index (Phi) is 2.69. The summed E-state index contributed by atoms with van der Waals surface area (Å²) in [6.45, 7) is 4.14. The van der Waals surface area contributed by atoms with E-state index in [4.69, 9.17) is 14.2 Å². The smallest absolute Gasteiger partial charge is 0.333 e. The molecule has 2 aliphatic carbocycles. The van der Waals surface area contributed by atoms with E-state index in [-0.39, 0.29) is 29.2 Å². The minimum absolute atomic E-state index is 0.00663. The number of fused-ring (bicyclic) bond motifs is 2. The number of rotatable bonds is 1. The molecule has 118 valence electrons. The van der Waals surface area contributed by atoms with Crippen LogP contribution in [0.25, 0.3) is 0 Å². The van der Waals surface area contributed by atoms with Crippen LogP contribution in [0.3, 0.4) is 0 Å². The molecule has 0 aromatic rings. The van der Waals surface area contributed by atoms with Crippen molar-refractivity contribution in [1.29, 1.82) is 0 Å². The topological polar surface area (TPSA) is 61.8 Å². The Morgan fingerprint density at radius 2 is 1.95 bits per heavy atom. The second-order valence-electron chi connectivity index (χ2n) is 7.25. The van der Waals surface area contributed by atoms with Crippen LogP contribution in [0.1, 0.15) is 33.1 Å². The number of hydrogen-bond donors (Lipinski definition) is 0. The molecular formula is C17H20O5. The van der Waals surface area contributed by atoms with E-state index in [1.54, 1.807) is 6.08 Å². The Bertz CT molecular complexity index is 633. The highest BCUT2D eigenvalue weighted by Gasteiger charge is 2.65. The molecule has 0 radical (unpaired) electrons. The van der Waals surface area contributed by atoms with Crippen LogP contribution in [-0.4, -0.2) is 25.3 Å². The van der Waals surface area contributed by atoms with Crippen LogP contribution in [0.2, 0.25) is 0 Å². The number of ether oxygens (including phenoxy) is 3. The predicted molar refractivity (Wildman–Crippen MR) is 76.2 cm³/mol. The SMILES string of the molecule is CO[C@@H]1OC(=O)C=C2C1C=C1OC(=O)[C@@]3(C)CCC[C@@]2(C)[C@@H]13. The van der Waals surface area contributed by atoms with Gasteiger partial charge in [-0.3, -0.25) is 4.79 Å². The summed E-state index contributed by atoms with van der Waals surface area (Å²) in [6, 6.07) is 0. The standard InChI is InChI=1S/C17H20O5/c1-16-5-4-6-17(2)13(16)11(21-15(17)19)7-9-10(16)8-12(18)22-14(9)20-3/h7-9,13-14H,4-6H2,1-3H3/t9?,13-,14-,16-,17+/m1/s1. The number of hydrogen-bond acceptors (Lipinski definition) is 5. The fraction of sp³-hybridized carbons (Fsp3) is 0.647. The second kappa shape index (κ2) is 4.22. The molecule has 1 saturated carbocycles. The molecule has 5 heteroatoms. The van der Waals surface area contributed by atoms with Gasteiger partial charge in [0.05, 0.1) is 11.3 Å². The summed E-state index contributed by atoms with van der Waals surface area (Å²) in [7, 11) is 1.53. The first-order valence-electron chi connectivity index (χ1n) is 7.79. The van der Waals surface area contributed by atoms with Gasteiger partial charge in [-0.2, -0.15) is 0 Å². The van der Waals surface area contributed by atoms with Crippen molar-refractivity contribution in [2.45, 2.75) is 39.4 Å². The molecule has 2 aliphatic heterocycles. The maximum atomic E-state index is 12.4. The number of methoxy groups -OCH3 is 1. The Balaban J connectivity index is 1.92. The highest BCUT2D eigenvalue weighted by atomic mass is 16.7. The van der Waals surface area contributed by atoms with Crippen molar-refractivity contribution in [3.05, 3.63) is 23.5 Å². The summed E-state index contributed by atoms with van der Waals surface area (Å²) in [4.78, 5) is 24.4. The van der Waals surface area contributed by atoms with Crippen LogP contribution in [0.15, 0.2) is 23.5 Å². The van der Waals surface area contributed by atoms with Gasteiger partial charge < -0.3 is 14.2 Å². The van der Waals surface area contributed by atoms with E-state index < -0.39 is 11.7 Å². The fourth-order valence-corrected chi connectivity index (χ4v) is 5.06. The van der Waals surface area contributed by atoms with E-state index in [0.717, 1.165) is 30.6 Å². The molecule has 0 aromatic carbocycles. The molecule has 5 nitrogen and oxygen atoms in total. The molecule has 5 atom stereocenters. The molecule has 0 aromatic heterocycles. The molecule has 0 amide bonds. The van der Waals surface area contributed by atoms with Gasteiger partial charge in [-0.1, -0.05) is 13.3 Å². The Morgan fingerprint density at radius 3 is 2.68 bits per heavy atom. The quantitative estimate of drug-likeness (QED) is 0.696. The van der Waals surface area contributed by atoms with Gasteiger partial charge in [0.15, 0.2) is 0 Å². The number of cyclic esters (lactones) is 1. The Morgan fingerprint density at radius 1 is 1.23 bits per heavy atom. The molecule has 2 heterocycles. The largest absolute Gasteiger partial charge is 0.432 e. The number of carbonyl (C=O) groups excluding carboxylic acids is 2. The summed E-state index contributed by atoms with van der Waals surface area (Å²) in [5.41, 5.74) is 0.271. The first-order chi connectivity index (χ1) is 10.4. The molecule has 4 aliphatic rings. The highest BCUT2D eigenvalue weighted by molar-refractivity contribution is 5.86. The second-order valence-corrected chi connectivity index (χ2v) is 7.25. The number of allylic oxidation sites excluding steroid dienone is 1. The van der Waals surface area contributed by atoms with Crippen LogP contribution in [0.4, 0.5) is 0 Å². The molecule has 0 bridgehead atoms. The van der Waals surface area contributed by atoms with Crippen molar-refractivity contribution < 1.29 is 23.8 Å². The lowest BCUT2D eigenvalue weighted by Crippen LogP contribution is -2.50. The molecule has 22 heavy (non-hydrogen) atoms. The average Bonchev–Trinajstić information content (AvgIpc) is 2.72. The molecule has 4 rings (SSSR count). The van der Waals surface area contributed by atoms with Crippen molar-refractivity contribution in [2.24, 2.45) is 22.7 Å². The molecule has 0 spiro atoms. The van der Waals surface area contributed by atoms with E-state index in [1.165, 1.54) is 7.11 Å². The summed E-state index contributed by atoms with van der Waals surface area (Å²) in [5, 5.41) is 0. The van der Waals surface area contributed by atoms with E-state index >= 15 is 0 Å². The third-order valence-electron chi connectivity index (χ3n) is 6.02. The van der Waals surface area contributed by atoms with Crippen LogP contribution >= 0.6 is 0 Å². The van der Waals surface area contributed by atoms with Crippen molar-refractivity contribution in [3.8, 4) is 0 Å². The number of esters is 2. The number of carbonyl (C=O) groups is 2. The zero-order chi connectivity index (χ0) is 15.7. The van der Waals surface area contributed by atoms with Gasteiger partial charge in [0, 0.05) is 24.5 Å². The first-order valence-corrected chi connectivity index (χ1v) is 7.79.